The molecule has 0 radical (unpaired) electrons. The molecule has 1 aromatic rings. The second kappa shape index (κ2) is 4.68. The van der Waals surface area contributed by atoms with Crippen molar-refractivity contribution in [3.63, 3.8) is 0 Å². The van der Waals surface area contributed by atoms with E-state index in [1.165, 1.54) is 6.26 Å². The Balaban J connectivity index is 1.84. The lowest BCUT2D eigenvalue weighted by Gasteiger charge is -2.09. The number of nitrogens with one attached hydrogen (secondary N) is 1. The van der Waals surface area contributed by atoms with E-state index >= 15 is 0 Å². The van der Waals surface area contributed by atoms with E-state index in [2.05, 4.69) is 5.32 Å². The highest BCUT2D eigenvalue weighted by molar-refractivity contribution is 6.32. The van der Waals surface area contributed by atoms with Gasteiger partial charge in [-0.05, 0) is 30.5 Å². The minimum absolute atomic E-state index is 0.125. The number of rotatable bonds is 3. The van der Waals surface area contributed by atoms with E-state index in [0.29, 0.717) is 12.1 Å². The molecule has 0 bridgehead atoms. The predicted octanol–water partition coefficient (Wildman–Crippen LogP) is 1.84. The molecule has 1 aliphatic heterocycles. The lowest BCUT2D eigenvalue weighted by Crippen LogP contribution is -2.31. The lowest BCUT2D eigenvalue weighted by molar-refractivity contribution is 0.0857. The highest BCUT2D eigenvalue weighted by atomic mass is 35.5. The van der Waals surface area contributed by atoms with Crippen LogP contribution >= 0.6 is 11.6 Å². The molecule has 1 aliphatic rings. The van der Waals surface area contributed by atoms with Gasteiger partial charge >= 0.3 is 0 Å². The molecule has 1 saturated heterocycles. The summed E-state index contributed by atoms with van der Waals surface area (Å²) in [5.41, 5.74) is 0.370. The van der Waals surface area contributed by atoms with Crippen LogP contribution in [-0.2, 0) is 4.74 Å². The van der Waals surface area contributed by atoms with Crippen LogP contribution in [0.5, 0.6) is 0 Å². The Bertz CT molecular complexity index is 344. The maximum Gasteiger partial charge on any atom is 0.256 e. The summed E-state index contributed by atoms with van der Waals surface area (Å²) in [6.45, 7) is 1.31. The largest absolute Gasteiger partial charge is 0.452 e. The van der Waals surface area contributed by atoms with Crippen LogP contribution in [0.15, 0.2) is 16.7 Å². The smallest absolute Gasteiger partial charge is 0.256 e. The van der Waals surface area contributed by atoms with Gasteiger partial charge in [0.2, 0.25) is 5.22 Å². The monoisotopic (exact) mass is 229 g/mol. The third-order valence-corrected chi connectivity index (χ3v) is 2.67. The van der Waals surface area contributed by atoms with Gasteiger partial charge < -0.3 is 14.5 Å². The standard InChI is InChI=1S/C10H12ClNO3/c11-9-8(3-5-15-9)10(13)12-6-7-2-1-4-14-7/h3,5,7H,1-2,4,6H2,(H,12,13). The first-order valence-electron chi connectivity index (χ1n) is 4.90. The summed E-state index contributed by atoms with van der Waals surface area (Å²) in [5, 5.41) is 2.88. The molecule has 5 heteroatoms. The van der Waals surface area contributed by atoms with Gasteiger partial charge in [-0.25, -0.2) is 0 Å². The summed E-state index contributed by atoms with van der Waals surface area (Å²) in [5.74, 6) is -0.218. The Labute approximate surface area is 92.5 Å². The maximum atomic E-state index is 11.6. The quantitative estimate of drug-likeness (QED) is 0.861. The van der Waals surface area contributed by atoms with E-state index in [1.54, 1.807) is 6.07 Å². The first-order valence-corrected chi connectivity index (χ1v) is 5.28. The minimum Gasteiger partial charge on any atom is -0.452 e. The van der Waals surface area contributed by atoms with Gasteiger partial charge in [0.1, 0.15) is 0 Å². The molecule has 2 rings (SSSR count). The molecule has 1 fully saturated rings. The zero-order chi connectivity index (χ0) is 10.7. The molecule has 0 spiro atoms. The van der Waals surface area contributed by atoms with Gasteiger partial charge in [-0.2, -0.15) is 0 Å². The van der Waals surface area contributed by atoms with Crippen molar-refractivity contribution in [3.05, 3.63) is 23.1 Å². The van der Waals surface area contributed by atoms with Crippen LogP contribution in [0.1, 0.15) is 23.2 Å². The van der Waals surface area contributed by atoms with Crippen molar-refractivity contribution in [2.24, 2.45) is 0 Å². The summed E-state index contributed by atoms with van der Waals surface area (Å²) >= 11 is 5.67. The number of furan rings is 1. The van der Waals surface area contributed by atoms with Crippen molar-refractivity contribution >= 4 is 17.5 Å². The second-order valence-corrected chi connectivity index (χ2v) is 3.80. The second-order valence-electron chi connectivity index (χ2n) is 3.45. The third kappa shape index (κ3) is 2.52. The van der Waals surface area contributed by atoms with Crippen molar-refractivity contribution in [1.82, 2.24) is 5.32 Å². The molecule has 82 valence electrons. The number of ether oxygens (including phenoxy) is 1. The normalized spacial score (nSPS) is 20.5. The molecule has 4 nitrogen and oxygen atoms in total. The summed E-state index contributed by atoms with van der Waals surface area (Å²) < 4.78 is 10.2. The summed E-state index contributed by atoms with van der Waals surface area (Å²) in [6, 6.07) is 1.55. The fourth-order valence-corrected chi connectivity index (χ4v) is 1.76. The molecule has 0 aromatic carbocycles. The van der Waals surface area contributed by atoms with Crippen molar-refractivity contribution in [2.75, 3.05) is 13.2 Å². The molecule has 1 atom stereocenters. The summed E-state index contributed by atoms with van der Waals surface area (Å²) in [6.07, 6.45) is 3.59. The molecule has 0 saturated carbocycles. The highest BCUT2D eigenvalue weighted by Gasteiger charge is 2.18. The Morgan fingerprint density at radius 3 is 3.13 bits per heavy atom. The fourth-order valence-electron chi connectivity index (χ4n) is 1.56. The van der Waals surface area contributed by atoms with E-state index in [4.69, 9.17) is 20.8 Å². The highest BCUT2D eigenvalue weighted by Crippen LogP contribution is 2.16. The van der Waals surface area contributed by atoms with Crippen LogP contribution < -0.4 is 5.32 Å². The lowest BCUT2D eigenvalue weighted by atomic mass is 10.2. The van der Waals surface area contributed by atoms with Gasteiger partial charge in [-0.15, -0.1) is 0 Å². The zero-order valence-electron chi connectivity index (χ0n) is 8.16. The van der Waals surface area contributed by atoms with Crippen LogP contribution in [0.4, 0.5) is 0 Å². The third-order valence-electron chi connectivity index (χ3n) is 2.38. The Hall–Kier alpha value is -1.00. The first-order chi connectivity index (χ1) is 7.27. The summed E-state index contributed by atoms with van der Waals surface area (Å²) in [4.78, 5) is 11.6. The number of amides is 1. The minimum atomic E-state index is -0.218. The number of halogens is 1. The van der Waals surface area contributed by atoms with E-state index < -0.39 is 0 Å². The predicted molar refractivity (Wildman–Crippen MR) is 55.0 cm³/mol. The molecule has 1 aromatic heterocycles. The van der Waals surface area contributed by atoms with E-state index in [0.717, 1.165) is 19.4 Å². The number of carbonyl (C=O) groups excluding carboxylic acids is 1. The van der Waals surface area contributed by atoms with Crippen LogP contribution in [0.25, 0.3) is 0 Å². The molecule has 0 aliphatic carbocycles. The van der Waals surface area contributed by atoms with Gasteiger partial charge in [-0.1, -0.05) is 0 Å². The van der Waals surface area contributed by atoms with Gasteiger partial charge in [-0.3, -0.25) is 4.79 Å². The summed E-state index contributed by atoms with van der Waals surface area (Å²) in [7, 11) is 0. The van der Waals surface area contributed by atoms with Crippen LogP contribution in [0.3, 0.4) is 0 Å². The van der Waals surface area contributed by atoms with Gasteiger partial charge in [0.25, 0.3) is 5.91 Å². The van der Waals surface area contributed by atoms with Crippen LogP contribution in [0.2, 0.25) is 5.22 Å². The van der Waals surface area contributed by atoms with Crippen LogP contribution in [0, 0.1) is 0 Å². The molecule has 1 unspecified atom stereocenters. The van der Waals surface area contributed by atoms with Gasteiger partial charge in [0.05, 0.1) is 17.9 Å². The van der Waals surface area contributed by atoms with Gasteiger partial charge in [0.15, 0.2) is 0 Å². The molecular weight excluding hydrogens is 218 g/mol. The molecule has 1 N–H and O–H groups in total. The van der Waals surface area contributed by atoms with Gasteiger partial charge in [0, 0.05) is 13.2 Å². The van der Waals surface area contributed by atoms with Crippen LogP contribution in [-0.4, -0.2) is 25.2 Å². The Morgan fingerprint density at radius 2 is 2.53 bits per heavy atom. The van der Waals surface area contributed by atoms with Crippen molar-refractivity contribution in [1.29, 1.82) is 0 Å². The molecular formula is C10H12ClNO3. The van der Waals surface area contributed by atoms with E-state index in [9.17, 15) is 4.79 Å². The number of carbonyl (C=O) groups is 1. The average molecular weight is 230 g/mol. The van der Waals surface area contributed by atoms with Crippen molar-refractivity contribution in [2.45, 2.75) is 18.9 Å². The first kappa shape index (κ1) is 10.5. The number of hydrogen-bond donors (Lipinski definition) is 1. The fraction of sp³-hybridized carbons (Fsp3) is 0.500. The number of hydrogen-bond acceptors (Lipinski definition) is 3. The molecule has 2 heterocycles. The molecule has 15 heavy (non-hydrogen) atoms. The van der Waals surface area contributed by atoms with E-state index in [-0.39, 0.29) is 17.2 Å². The topological polar surface area (TPSA) is 51.5 Å². The zero-order valence-corrected chi connectivity index (χ0v) is 8.92. The maximum absolute atomic E-state index is 11.6. The van der Waals surface area contributed by atoms with E-state index in [1.807, 2.05) is 0 Å². The SMILES string of the molecule is O=C(NCC1CCCO1)c1ccoc1Cl. The Morgan fingerprint density at radius 1 is 1.67 bits per heavy atom. The molecule has 1 amide bonds. The average Bonchev–Trinajstić information content (AvgIpc) is 2.84. The Kier molecular flexibility index (Phi) is 3.28. The van der Waals surface area contributed by atoms with Crippen molar-refractivity contribution in [3.8, 4) is 0 Å². The van der Waals surface area contributed by atoms with Crippen molar-refractivity contribution < 1.29 is 13.9 Å².